The van der Waals surface area contributed by atoms with Gasteiger partial charge in [-0.1, -0.05) is 19.8 Å². The lowest BCUT2D eigenvalue weighted by Gasteiger charge is -2.31. The van der Waals surface area contributed by atoms with Gasteiger partial charge in [0.25, 0.3) is 5.91 Å². The topological polar surface area (TPSA) is 49.3 Å². The first-order valence-electron chi connectivity index (χ1n) is 11.6. The van der Waals surface area contributed by atoms with Crippen LogP contribution in [0.2, 0.25) is 0 Å². The molecule has 6 heteroatoms. The van der Waals surface area contributed by atoms with Crippen molar-refractivity contribution in [3.63, 3.8) is 0 Å². The minimum Gasteiger partial charge on any atom is -0.339 e. The molecule has 4 rings (SSSR count). The molecule has 2 aromatic heterocycles. The number of hydrogen-bond donors (Lipinski definition) is 0. The molecule has 5 nitrogen and oxygen atoms in total. The van der Waals surface area contributed by atoms with Crippen molar-refractivity contribution in [3.8, 4) is 0 Å². The highest BCUT2D eigenvalue weighted by molar-refractivity contribution is 7.11. The molecule has 0 aromatic carbocycles. The van der Waals surface area contributed by atoms with E-state index in [1.165, 1.54) is 47.9 Å². The largest absolute Gasteiger partial charge is 0.339 e. The highest BCUT2D eigenvalue weighted by atomic mass is 32.1. The van der Waals surface area contributed by atoms with E-state index in [9.17, 15) is 4.79 Å². The fourth-order valence-corrected chi connectivity index (χ4v) is 5.87. The third-order valence-corrected chi connectivity index (χ3v) is 7.77. The van der Waals surface area contributed by atoms with Crippen LogP contribution in [0.1, 0.15) is 76.4 Å². The molecule has 0 atom stereocenters. The van der Waals surface area contributed by atoms with E-state index < -0.39 is 0 Å². The van der Waals surface area contributed by atoms with Gasteiger partial charge in [0.15, 0.2) is 0 Å². The number of piperidine rings is 1. The first-order valence-corrected chi connectivity index (χ1v) is 12.4. The zero-order valence-electron chi connectivity index (χ0n) is 18.4. The van der Waals surface area contributed by atoms with Crippen LogP contribution in [0, 0.1) is 6.92 Å². The maximum atomic E-state index is 12.8. The molecule has 0 bridgehead atoms. The Labute approximate surface area is 184 Å². The normalized spacial score (nSPS) is 18.3. The molecule has 30 heavy (non-hydrogen) atoms. The Morgan fingerprint density at radius 1 is 1.13 bits per heavy atom. The standard InChI is InChI=1S/C24H34N4OS/c1-3-4-5-10-27-11-8-21-22(9-12-27)30-23(26-21)19-6-13-28(14-7-19)24(29)20-15-18(2)16-25-17-20/h15-17,19H,3-14H2,1-2H3. The molecule has 162 valence electrons. The molecule has 1 saturated heterocycles. The van der Waals surface area contributed by atoms with E-state index in [1.807, 2.05) is 29.2 Å². The number of aryl methyl sites for hydroxylation is 1. The third-order valence-electron chi connectivity index (χ3n) is 6.45. The zero-order valence-corrected chi connectivity index (χ0v) is 19.2. The average molecular weight is 427 g/mol. The molecular weight excluding hydrogens is 392 g/mol. The summed E-state index contributed by atoms with van der Waals surface area (Å²) in [6.45, 7) is 9.43. The summed E-state index contributed by atoms with van der Waals surface area (Å²) in [5, 5.41) is 1.31. The summed E-state index contributed by atoms with van der Waals surface area (Å²) in [4.78, 5) is 28.2. The van der Waals surface area contributed by atoms with Crippen molar-refractivity contribution < 1.29 is 4.79 Å². The van der Waals surface area contributed by atoms with Gasteiger partial charge in [-0.15, -0.1) is 11.3 Å². The molecule has 0 radical (unpaired) electrons. The number of rotatable bonds is 6. The summed E-state index contributed by atoms with van der Waals surface area (Å²) in [7, 11) is 0. The van der Waals surface area contributed by atoms with Crippen LogP contribution in [0.25, 0.3) is 0 Å². The summed E-state index contributed by atoms with van der Waals surface area (Å²) in [5.41, 5.74) is 3.08. The monoisotopic (exact) mass is 426 g/mol. The molecule has 2 aliphatic rings. The number of amides is 1. The molecule has 0 spiro atoms. The number of carbonyl (C=O) groups excluding carboxylic acids is 1. The summed E-state index contributed by atoms with van der Waals surface area (Å²) in [6.07, 6.45) is 11.7. The van der Waals surface area contributed by atoms with Crippen molar-refractivity contribution in [2.24, 2.45) is 0 Å². The van der Waals surface area contributed by atoms with Crippen LogP contribution in [-0.2, 0) is 12.8 Å². The average Bonchev–Trinajstić information content (AvgIpc) is 3.09. The summed E-state index contributed by atoms with van der Waals surface area (Å²) in [6, 6.07) is 1.94. The zero-order chi connectivity index (χ0) is 20.9. The number of fused-ring (bicyclic) bond motifs is 1. The number of likely N-dealkylation sites (tertiary alicyclic amines) is 1. The second-order valence-corrected chi connectivity index (χ2v) is 9.90. The van der Waals surface area contributed by atoms with Gasteiger partial charge in [0, 0.05) is 55.8 Å². The van der Waals surface area contributed by atoms with E-state index >= 15 is 0 Å². The van der Waals surface area contributed by atoms with Gasteiger partial charge in [0.1, 0.15) is 0 Å². The van der Waals surface area contributed by atoms with Gasteiger partial charge < -0.3 is 9.80 Å². The van der Waals surface area contributed by atoms with Crippen molar-refractivity contribution in [3.05, 3.63) is 45.2 Å². The van der Waals surface area contributed by atoms with E-state index in [-0.39, 0.29) is 5.91 Å². The second kappa shape index (κ2) is 10.0. The lowest BCUT2D eigenvalue weighted by Crippen LogP contribution is -2.38. The van der Waals surface area contributed by atoms with Crippen LogP contribution in [0.4, 0.5) is 0 Å². The number of nitrogens with zero attached hydrogens (tertiary/aromatic N) is 4. The van der Waals surface area contributed by atoms with Gasteiger partial charge in [-0.05, 0) is 50.8 Å². The summed E-state index contributed by atoms with van der Waals surface area (Å²) in [5.74, 6) is 0.616. The van der Waals surface area contributed by atoms with Crippen molar-refractivity contribution in [1.82, 2.24) is 19.8 Å². The van der Waals surface area contributed by atoms with Gasteiger partial charge in [0.2, 0.25) is 0 Å². The van der Waals surface area contributed by atoms with Crippen molar-refractivity contribution in [1.29, 1.82) is 0 Å². The minimum absolute atomic E-state index is 0.114. The van der Waals surface area contributed by atoms with Crippen molar-refractivity contribution >= 4 is 17.2 Å². The second-order valence-electron chi connectivity index (χ2n) is 8.79. The van der Waals surface area contributed by atoms with E-state index in [0.29, 0.717) is 11.5 Å². The quantitative estimate of drug-likeness (QED) is 0.640. The molecule has 2 aromatic rings. The third kappa shape index (κ3) is 5.09. The predicted octanol–water partition coefficient (Wildman–Crippen LogP) is 4.46. The minimum atomic E-state index is 0.114. The van der Waals surface area contributed by atoms with E-state index in [4.69, 9.17) is 4.98 Å². The van der Waals surface area contributed by atoms with Crippen LogP contribution in [0.5, 0.6) is 0 Å². The SMILES string of the molecule is CCCCCN1CCc2nc(C3CCN(C(=O)c4cncc(C)c4)CC3)sc2CC1. The first kappa shape index (κ1) is 21.4. The van der Waals surface area contributed by atoms with Gasteiger partial charge in [-0.2, -0.15) is 0 Å². The highest BCUT2D eigenvalue weighted by Crippen LogP contribution is 2.34. The van der Waals surface area contributed by atoms with Crippen LogP contribution in [0.3, 0.4) is 0 Å². The summed E-state index contributed by atoms with van der Waals surface area (Å²) >= 11 is 1.94. The van der Waals surface area contributed by atoms with E-state index in [1.54, 1.807) is 12.4 Å². The lowest BCUT2D eigenvalue weighted by molar-refractivity contribution is 0.0712. The molecule has 1 amide bonds. The number of unbranched alkanes of at least 4 members (excludes halogenated alkanes) is 2. The maximum Gasteiger partial charge on any atom is 0.255 e. The van der Waals surface area contributed by atoms with Crippen LogP contribution < -0.4 is 0 Å². The molecule has 2 aliphatic heterocycles. The van der Waals surface area contributed by atoms with Crippen molar-refractivity contribution in [2.45, 2.75) is 64.7 Å². The highest BCUT2D eigenvalue weighted by Gasteiger charge is 2.28. The molecule has 0 unspecified atom stereocenters. The number of pyridine rings is 1. The molecule has 0 aliphatic carbocycles. The fraction of sp³-hybridized carbons (Fsp3) is 0.625. The number of carbonyl (C=O) groups is 1. The Kier molecular flexibility index (Phi) is 7.16. The van der Waals surface area contributed by atoms with Crippen LogP contribution >= 0.6 is 11.3 Å². The van der Waals surface area contributed by atoms with Gasteiger partial charge in [0.05, 0.1) is 16.3 Å². The Bertz CT molecular complexity index is 831. The molecule has 1 fully saturated rings. The Morgan fingerprint density at radius 2 is 1.93 bits per heavy atom. The number of aromatic nitrogens is 2. The van der Waals surface area contributed by atoms with E-state index in [0.717, 1.165) is 50.9 Å². The van der Waals surface area contributed by atoms with Gasteiger partial charge >= 0.3 is 0 Å². The maximum absolute atomic E-state index is 12.8. The fourth-order valence-electron chi connectivity index (χ4n) is 4.60. The smallest absolute Gasteiger partial charge is 0.255 e. The van der Waals surface area contributed by atoms with Crippen LogP contribution in [0.15, 0.2) is 18.5 Å². The van der Waals surface area contributed by atoms with Gasteiger partial charge in [-0.25, -0.2) is 4.98 Å². The Hall–Kier alpha value is -1.79. The predicted molar refractivity (Wildman–Crippen MR) is 122 cm³/mol. The number of thiazole rings is 1. The number of hydrogen-bond acceptors (Lipinski definition) is 5. The summed E-state index contributed by atoms with van der Waals surface area (Å²) < 4.78 is 0. The molecule has 0 saturated carbocycles. The Morgan fingerprint density at radius 3 is 2.70 bits per heavy atom. The Balaban J connectivity index is 1.31. The van der Waals surface area contributed by atoms with Gasteiger partial charge in [-0.3, -0.25) is 9.78 Å². The first-order chi connectivity index (χ1) is 14.6. The van der Waals surface area contributed by atoms with Crippen LogP contribution in [-0.4, -0.2) is 58.4 Å². The lowest BCUT2D eigenvalue weighted by atomic mass is 9.97. The molecule has 0 N–H and O–H groups in total. The molecule has 4 heterocycles. The van der Waals surface area contributed by atoms with E-state index in [2.05, 4.69) is 16.8 Å². The molecular formula is C24H34N4OS. The van der Waals surface area contributed by atoms with Crippen molar-refractivity contribution in [2.75, 3.05) is 32.7 Å².